The van der Waals surface area contributed by atoms with Crippen molar-refractivity contribution in [2.45, 2.75) is 32.0 Å². The van der Waals surface area contributed by atoms with Gasteiger partial charge in [-0.15, -0.1) is 0 Å². The van der Waals surface area contributed by atoms with Gasteiger partial charge in [-0.3, -0.25) is 24.3 Å². The van der Waals surface area contributed by atoms with Crippen LogP contribution in [0.25, 0.3) is 0 Å². The van der Waals surface area contributed by atoms with Crippen molar-refractivity contribution in [2.75, 3.05) is 32.7 Å². The molecule has 0 saturated carbocycles. The number of carbonyl (C=O) groups is 3. The first-order valence-electron chi connectivity index (χ1n) is 13.7. The van der Waals surface area contributed by atoms with E-state index in [9.17, 15) is 18.8 Å². The number of nitriles is 1. The lowest BCUT2D eigenvalue weighted by atomic mass is 10.0. The second-order valence-electron chi connectivity index (χ2n) is 10.4. The van der Waals surface area contributed by atoms with Crippen molar-refractivity contribution >= 4 is 17.7 Å². The minimum absolute atomic E-state index is 0.0417. The monoisotopic (exact) mass is 554 g/mol. The highest BCUT2D eigenvalue weighted by Crippen LogP contribution is 2.16. The Balaban J connectivity index is 1.07. The summed E-state index contributed by atoms with van der Waals surface area (Å²) in [5.74, 6) is -1.10. The smallest absolute Gasteiger partial charge is 0.270 e. The predicted molar refractivity (Wildman–Crippen MR) is 149 cm³/mol. The number of likely N-dealkylation sites (tertiary alicyclic amines) is 1. The molecule has 2 aromatic carbocycles. The van der Waals surface area contributed by atoms with E-state index >= 15 is 0 Å². The van der Waals surface area contributed by atoms with Crippen LogP contribution in [-0.2, 0) is 17.9 Å². The lowest BCUT2D eigenvalue weighted by molar-refractivity contribution is -0.135. The Morgan fingerprint density at radius 2 is 1.61 bits per heavy atom. The van der Waals surface area contributed by atoms with Crippen molar-refractivity contribution < 1.29 is 18.8 Å². The van der Waals surface area contributed by atoms with E-state index in [1.165, 1.54) is 29.3 Å². The van der Waals surface area contributed by atoms with Gasteiger partial charge in [0.25, 0.3) is 11.8 Å². The van der Waals surface area contributed by atoms with Crippen LogP contribution >= 0.6 is 0 Å². The Bertz CT molecular complexity index is 1430. The molecule has 0 unspecified atom stereocenters. The minimum Gasteiger partial charge on any atom is -0.348 e. The minimum atomic E-state index is -0.328. The molecule has 5 rings (SSSR count). The third-order valence-electron chi connectivity index (χ3n) is 7.55. The van der Waals surface area contributed by atoms with Gasteiger partial charge in [-0.2, -0.15) is 5.26 Å². The lowest BCUT2D eigenvalue weighted by Gasteiger charge is -2.34. The topological polar surface area (TPSA) is 110 Å². The lowest BCUT2D eigenvalue weighted by Crippen LogP contribution is -2.51. The molecule has 2 saturated heterocycles. The summed E-state index contributed by atoms with van der Waals surface area (Å²) in [5.41, 5.74) is 3.18. The van der Waals surface area contributed by atoms with Gasteiger partial charge < -0.3 is 15.1 Å². The van der Waals surface area contributed by atoms with E-state index < -0.39 is 0 Å². The molecular weight excluding hydrogens is 523 g/mol. The van der Waals surface area contributed by atoms with Gasteiger partial charge in [-0.1, -0.05) is 24.3 Å². The molecule has 210 valence electrons. The summed E-state index contributed by atoms with van der Waals surface area (Å²) >= 11 is 0. The Hall–Kier alpha value is -4.62. The molecule has 3 amide bonds. The van der Waals surface area contributed by atoms with Crippen LogP contribution in [0, 0.1) is 17.1 Å². The first kappa shape index (κ1) is 27.9. The molecular formula is C31H31FN6O3. The number of pyridine rings is 1. The fraction of sp³-hybridized carbons (Fsp3) is 0.323. The highest BCUT2D eigenvalue weighted by atomic mass is 19.1. The average molecular weight is 555 g/mol. The molecule has 3 aromatic rings. The largest absolute Gasteiger partial charge is 0.348 e. The van der Waals surface area contributed by atoms with Crippen LogP contribution in [0.5, 0.6) is 0 Å². The summed E-state index contributed by atoms with van der Waals surface area (Å²) in [4.78, 5) is 48.1. The number of benzene rings is 2. The molecule has 2 aliphatic heterocycles. The quantitative estimate of drug-likeness (QED) is 0.481. The van der Waals surface area contributed by atoms with E-state index in [1.54, 1.807) is 23.1 Å². The Kier molecular flexibility index (Phi) is 8.65. The van der Waals surface area contributed by atoms with Gasteiger partial charge in [0.05, 0.1) is 17.2 Å². The Labute approximate surface area is 238 Å². The van der Waals surface area contributed by atoms with Gasteiger partial charge >= 0.3 is 0 Å². The molecule has 1 aromatic heterocycles. The van der Waals surface area contributed by atoms with Gasteiger partial charge in [0.2, 0.25) is 5.91 Å². The van der Waals surface area contributed by atoms with Gasteiger partial charge in [0.15, 0.2) is 0 Å². The molecule has 2 aliphatic rings. The van der Waals surface area contributed by atoms with Crippen molar-refractivity contribution in [1.29, 1.82) is 5.26 Å². The first-order chi connectivity index (χ1) is 19.9. The predicted octanol–water partition coefficient (Wildman–Crippen LogP) is 2.97. The molecule has 3 heterocycles. The van der Waals surface area contributed by atoms with E-state index in [0.29, 0.717) is 30.8 Å². The van der Waals surface area contributed by atoms with Crippen molar-refractivity contribution in [1.82, 2.24) is 25.0 Å². The zero-order valence-corrected chi connectivity index (χ0v) is 22.6. The van der Waals surface area contributed by atoms with Crippen molar-refractivity contribution in [3.05, 3.63) is 101 Å². The molecule has 0 bridgehead atoms. The van der Waals surface area contributed by atoms with E-state index in [2.05, 4.69) is 21.3 Å². The maximum atomic E-state index is 13.1. The van der Waals surface area contributed by atoms with Gasteiger partial charge in [-0.25, -0.2) is 4.39 Å². The van der Waals surface area contributed by atoms with Crippen LogP contribution in [0.3, 0.4) is 0 Å². The Morgan fingerprint density at radius 1 is 0.927 bits per heavy atom. The fourth-order valence-electron chi connectivity index (χ4n) is 5.13. The van der Waals surface area contributed by atoms with Gasteiger partial charge in [-0.05, 0) is 60.4 Å². The maximum absolute atomic E-state index is 13.1. The zero-order chi connectivity index (χ0) is 28.8. The van der Waals surface area contributed by atoms with Crippen LogP contribution in [0.2, 0.25) is 0 Å². The zero-order valence-electron chi connectivity index (χ0n) is 22.6. The SMILES string of the molecule is N#Cc1ccc(CN2CCC(NC(=O)c3ccc(C(=O)N4CCN(Cc5ccc(F)cc5)C(=O)C4)cn3)CC2)cc1. The first-order valence-corrected chi connectivity index (χ1v) is 13.7. The van der Waals surface area contributed by atoms with Crippen molar-refractivity contribution in [3.8, 4) is 6.07 Å². The second kappa shape index (κ2) is 12.7. The van der Waals surface area contributed by atoms with Crippen LogP contribution < -0.4 is 5.32 Å². The van der Waals surface area contributed by atoms with E-state index in [0.717, 1.165) is 43.6 Å². The maximum Gasteiger partial charge on any atom is 0.270 e. The number of piperidine rings is 1. The van der Waals surface area contributed by atoms with Crippen LogP contribution in [0.15, 0.2) is 66.9 Å². The number of rotatable bonds is 7. The molecule has 10 heteroatoms. The van der Waals surface area contributed by atoms with Gasteiger partial charge in [0.1, 0.15) is 18.1 Å². The number of hydrogen-bond acceptors (Lipinski definition) is 6. The molecule has 1 N–H and O–H groups in total. The average Bonchev–Trinajstić information content (AvgIpc) is 3.00. The van der Waals surface area contributed by atoms with E-state index in [1.807, 2.05) is 24.3 Å². The highest BCUT2D eigenvalue weighted by molar-refractivity contribution is 5.98. The van der Waals surface area contributed by atoms with Gasteiger partial charge in [0, 0.05) is 51.5 Å². The van der Waals surface area contributed by atoms with Crippen LogP contribution in [0.1, 0.15) is 50.4 Å². The van der Waals surface area contributed by atoms with Crippen molar-refractivity contribution in [2.24, 2.45) is 0 Å². The molecule has 41 heavy (non-hydrogen) atoms. The number of carbonyl (C=O) groups excluding carboxylic acids is 3. The summed E-state index contributed by atoms with van der Waals surface area (Å²) in [6, 6.07) is 18.9. The molecule has 0 spiro atoms. The molecule has 0 radical (unpaired) electrons. The standard InChI is InChI=1S/C31H31FN6O3/c32-26-8-5-24(6-9-26)20-37-15-16-38(21-29(37)39)31(41)25-7-10-28(34-18-25)30(40)35-27-11-13-36(14-12-27)19-23-3-1-22(17-33)2-4-23/h1-10,18,27H,11-16,19-21H2,(H,35,40). The molecule has 9 nitrogen and oxygen atoms in total. The summed E-state index contributed by atoms with van der Waals surface area (Å²) in [7, 11) is 0. The summed E-state index contributed by atoms with van der Waals surface area (Å²) < 4.78 is 13.1. The summed E-state index contributed by atoms with van der Waals surface area (Å²) in [6.45, 7) is 3.57. The molecule has 0 aliphatic carbocycles. The molecule has 2 fully saturated rings. The third kappa shape index (κ3) is 7.13. The number of hydrogen-bond donors (Lipinski definition) is 1. The number of nitrogens with one attached hydrogen (secondary N) is 1. The number of amides is 3. The van der Waals surface area contributed by atoms with E-state index in [-0.39, 0.29) is 41.8 Å². The number of halogens is 1. The molecule has 0 atom stereocenters. The second-order valence-corrected chi connectivity index (χ2v) is 10.4. The van der Waals surface area contributed by atoms with Crippen LogP contribution in [0.4, 0.5) is 4.39 Å². The number of aromatic nitrogens is 1. The van der Waals surface area contributed by atoms with E-state index in [4.69, 9.17) is 5.26 Å². The van der Waals surface area contributed by atoms with Crippen LogP contribution in [-0.4, -0.2) is 76.2 Å². The fourth-order valence-corrected chi connectivity index (χ4v) is 5.13. The Morgan fingerprint density at radius 3 is 2.24 bits per heavy atom. The number of nitrogens with zero attached hydrogens (tertiary/aromatic N) is 5. The van der Waals surface area contributed by atoms with Crippen molar-refractivity contribution in [3.63, 3.8) is 0 Å². The summed E-state index contributed by atoms with van der Waals surface area (Å²) in [5, 5.41) is 12.0. The normalized spacial score (nSPS) is 16.3. The third-order valence-corrected chi connectivity index (χ3v) is 7.55. The number of piperazine rings is 1. The highest BCUT2D eigenvalue weighted by Gasteiger charge is 2.28. The summed E-state index contributed by atoms with van der Waals surface area (Å²) in [6.07, 6.45) is 3.02.